The fourth-order valence-corrected chi connectivity index (χ4v) is 1.77. The van der Waals surface area contributed by atoms with Gasteiger partial charge in [0.05, 0.1) is 20.3 Å². The predicted molar refractivity (Wildman–Crippen MR) is 63.0 cm³/mol. The first kappa shape index (κ1) is 12.3. The Morgan fingerprint density at radius 2 is 1.87 bits per heavy atom. The monoisotopic (exact) mass is 274 g/mol. The second-order valence-electron chi connectivity index (χ2n) is 3.23. The van der Waals surface area contributed by atoms with Gasteiger partial charge in [0.1, 0.15) is 11.5 Å². The van der Waals surface area contributed by atoms with Crippen LogP contribution in [0.1, 0.15) is 17.2 Å². The Morgan fingerprint density at radius 1 is 1.27 bits per heavy atom. The molecule has 0 saturated heterocycles. The molecule has 0 aliphatic rings. The molecule has 4 heteroatoms. The first-order valence-corrected chi connectivity index (χ1v) is 5.72. The van der Waals surface area contributed by atoms with E-state index >= 15 is 0 Å². The van der Waals surface area contributed by atoms with Crippen molar-refractivity contribution < 1.29 is 14.6 Å². The molecule has 1 N–H and O–H groups in total. The van der Waals surface area contributed by atoms with Crippen LogP contribution < -0.4 is 9.47 Å². The smallest absolute Gasteiger partial charge is 0.125 e. The molecule has 1 atom stereocenters. The van der Waals surface area contributed by atoms with Crippen LogP contribution in [-0.2, 0) is 0 Å². The van der Waals surface area contributed by atoms with Crippen LogP contribution in [0.15, 0.2) is 12.1 Å². The number of hydrogen-bond acceptors (Lipinski definition) is 3. The molecule has 0 radical (unpaired) electrons. The SMILES string of the molecule is COc1cc(C(O)CBr)c(OC)cc1C. The third-order valence-electron chi connectivity index (χ3n) is 2.25. The second kappa shape index (κ2) is 5.37. The van der Waals surface area contributed by atoms with E-state index in [9.17, 15) is 5.11 Å². The fraction of sp³-hybridized carbons (Fsp3) is 0.455. The highest BCUT2D eigenvalue weighted by Gasteiger charge is 2.14. The van der Waals surface area contributed by atoms with E-state index in [0.29, 0.717) is 11.1 Å². The third kappa shape index (κ3) is 2.63. The van der Waals surface area contributed by atoms with E-state index in [1.165, 1.54) is 0 Å². The lowest BCUT2D eigenvalue weighted by molar-refractivity contribution is 0.199. The van der Waals surface area contributed by atoms with Gasteiger partial charge in [-0.25, -0.2) is 0 Å². The van der Waals surface area contributed by atoms with E-state index < -0.39 is 6.10 Å². The fourth-order valence-electron chi connectivity index (χ4n) is 1.42. The highest BCUT2D eigenvalue weighted by molar-refractivity contribution is 9.09. The molecule has 3 nitrogen and oxygen atoms in total. The second-order valence-corrected chi connectivity index (χ2v) is 3.88. The molecule has 0 bridgehead atoms. The summed E-state index contributed by atoms with van der Waals surface area (Å²) in [5.74, 6) is 1.44. The van der Waals surface area contributed by atoms with Gasteiger partial charge in [0.2, 0.25) is 0 Å². The van der Waals surface area contributed by atoms with Crippen molar-refractivity contribution in [2.75, 3.05) is 19.5 Å². The lowest BCUT2D eigenvalue weighted by Gasteiger charge is -2.15. The summed E-state index contributed by atoms with van der Waals surface area (Å²) < 4.78 is 10.4. The van der Waals surface area contributed by atoms with Gasteiger partial charge in [-0.1, -0.05) is 15.9 Å². The Bertz CT molecular complexity index is 339. The summed E-state index contributed by atoms with van der Waals surface area (Å²) in [6.07, 6.45) is -0.588. The van der Waals surface area contributed by atoms with Gasteiger partial charge in [-0.05, 0) is 24.6 Å². The maximum Gasteiger partial charge on any atom is 0.125 e. The zero-order chi connectivity index (χ0) is 11.4. The largest absolute Gasteiger partial charge is 0.496 e. The van der Waals surface area contributed by atoms with Crippen LogP contribution in [0.5, 0.6) is 11.5 Å². The molecule has 0 aliphatic carbocycles. The van der Waals surface area contributed by atoms with E-state index in [4.69, 9.17) is 9.47 Å². The van der Waals surface area contributed by atoms with Crippen molar-refractivity contribution in [1.82, 2.24) is 0 Å². The van der Waals surface area contributed by atoms with Crippen molar-refractivity contribution in [2.45, 2.75) is 13.0 Å². The average Bonchev–Trinajstić information content (AvgIpc) is 2.27. The Morgan fingerprint density at radius 3 is 2.33 bits per heavy atom. The Labute approximate surface area is 98.1 Å². The van der Waals surface area contributed by atoms with Crippen LogP contribution in [-0.4, -0.2) is 24.7 Å². The molecule has 0 fully saturated rings. The maximum atomic E-state index is 9.77. The summed E-state index contributed by atoms with van der Waals surface area (Å²) in [5.41, 5.74) is 1.72. The molecule has 1 rings (SSSR count). The first-order chi connectivity index (χ1) is 7.13. The number of methoxy groups -OCH3 is 2. The molecule has 0 aliphatic heterocycles. The highest BCUT2D eigenvalue weighted by Crippen LogP contribution is 2.32. The molecule has 0 spiro atoms. The topological polar surface area (TPSA) is 38.7 Å². The van der Waals surface area contributed by atoms with E-state index in [1.807, 2.05) is 13.0 Å². The minimum atomic E-state index is -0.588. The number of alkyl halides is 1. The van der Waals surface area contributed by atoms with E-state index in [-0.39, 0.29) is 0 Å². The van der Waals surface area contributed by atoms with Gasteiger partial charge in [-0.15, -0.1) is 0 Å². The van der Waals surface area contributed by atoms with E-state index in [1.54, 1.807) is 20.3 Å². The molecular weight excluding hydrogens is 260 g/mol. The van der Waals surface area contributed by atoms with Crippen molar-refractivity contribution in [1.29, 1.82) is 0 Å². The molecule has 0 saturated carbocycles. The summed E-state index contributed by atoms with van der Waals surface area (Å²) in [6, 6.07) is 3.67. The van der Waals surface area contributed by atoms with Gasteiger partial charge < -0.3 is 14.6 Å². The molecular formula is C11H15BrO3. The van der Waals surface area contributed by atoms with Gasteiger partial charge in [0.15, 0.2) is 0 Å². The summed E-state index contributed by atoms with van der Waals surface area (Å²) in [6.45, 7) is 1.94. The normalized spacial score (nSPS) is 12.3. The number of halogens is 1. The molecule has 0 heterocycles. The first-order valence-electron chi connectivity index (χ1n) is 4.60. The van der Waals surface area contributed by atoms with E-state index in [0.717, 1.165) is 16.9 Å². The molecule has 1 aromatic rings. The van der Waals surface area contributed by atoms with Crippen molar-refractivity contribution >= 4 is 15.9 Å². The summed E-state index contributed by atoms with van der Waals surface area (Å²) in [4.78, 5) is 0. The van der Waals surface area contributed by atoms with Crippen LogP contribution in [0.4, 0.5) is 0 Å². The Balaban J connectivity index is 3.22. The highest BCUT2D eigenvalue weighted by atomic mass is 79.9. The van der Waals surface area contributed by atoms with Crippen LogP contribution in [0.2, 0.25) is 0 Å². The Hall–Kier alpha value is -0.740. The molecule has 0 aromatic heterocycles. The number of hydrogen-bond donors (Lipinski definition) is 1. The van der Waals surface area contributed by atoms with Crippen molar-refractivity contribution in [3.05, 3.63) is 23.3 Å². The lowest BCUT2D eigenvalue weighted by atomic mass is 10.1. The van der Waals surface area contributed by atoms with Crippen LogP contribution in [0.25, 0.3) is 0 Å². The summed E-state index contributed by atoms with van der Waals surface area (Å²) in [7, 11) is 3.20. The number of benzene rings is 1. The van der Waals surface area contributed by atoms with Gasteiger partial charge in [-0.3, -0.25) is 0 Å². The average molecular weight is 275 g/mol. The van der Waals surface area contributed by atoms with Gasteiger partial charge in [0, 0.05) is 10.9 Å². The van der Waals surface area contributed by atoms with Crippen molar-refractivity contribution in [3.63, 3.8) is 0 Å². The van der Waals surface area contributed by atoms with E-state index in [2.05, 4.69) is 15.9 Å². The van der Waals surface area contributed by atoms with Gasteiger partial charge >= 0.3 is 0 Å². The quantitative estimate of drug-likeness (QED) is 0.858. The number of aliphatic hydroxyl groups excluding tert-OH is 1. The number of rotatable bonds is 4. The third-order valence-corrected chi connectivity index (χ3v) is 2.87. The minimum absolute atomic E-state index is 0.468. The van der Waals surface area contributed by atoms with Gasteiger partial charge in [-0.2, -0.15) is 0 Å². The summed E-state index contributed by atoms with van der Waals surface area (Å²) in [5, 5.41) is 10.2. The van der Waals surface area contributed by atoms with Crippen molar-refractivity contribution in [3.8, 4) is 11.5 Å². The summed E-state index contributed by atoms with van der Waals surface area (Å²) >= 11 is 3.23. The molecule has 1 unspecified atom stereocenters. The molecule has 0 amide bonds. The van der Waals surface area contributed by atoms with Crippen molar-refractivity contribution in [2.24, 2.45) is 0 Å². The predicted octanol–water partition coefficient (Wildman–Crippen LogP) is 2.44. The Kier molecular flexibility index (Phi) is 4.42. The number of aryl methyl sites for hydroxylation is 1. The maximum absolute atomic E-state index is 9.77. The number of aliphatic hydroxyl groups is 1. The standard InChI is InChI=1S/C11H15BrO3/c1-7-4-11(15-3)8(9(13)6-12)5-10(7)14-2/h4-5,9,13H,6H2,1-3H3. The zero-order valence-electron chi connectivity index (χ0n) is 9.08. The van der Waals surface area contributed by atoms with Crippen LogP contribution in [0.3, 0.4) is 0 Å². The molecule has 15 heavy (non-hydrogen) atoms. The zero-order valence-corrected chi connectivity index (χ0v) is 10.7. The minimum Gasteiger partial charge on any atom is -0.496 e. The lowest BCUT2D eigenvalue weighted by Crippen LogP contribution is -2.03. The number of ether oxygens (including phenoxy) is 2. The van der Waals surface area contributed by atoms with Gasteiger partial charge in [0.25, 0.3) is 0 Å². The molecule has 1 aromatic carbocycles. The molecule has 84 valence electrons. The van der Waals surface area contributed by atoms with Crippen LogP contribution in [0, 0.1) is 6.92 Å². The van der Waals surface area contributed by atoms with Crippen LogP contribution >= 0.6 is 15.9 Å².